The van der Waals surface area contributed by atoms with Gasteiger partial charge in [-0.2, -0.15) is 5.10 Å². The molecular weight excluding hydrogens is 557 g/mol. The van der Waals surface area contributed by atoms with E-state index in [4.69, 9.17) is 45.3 Å². The number of nitrogens with one attached hydrogen (secondary N) is 2. The van der Waals surface area contributed by atoms with Crippen LogP contribution < -0.4 is 21.2 Å². The van der Waals surface area contributed by atoms with E-state index < -0.39 is 11.8 Å². The van der Waals surface area contributed by atoms with Crippen LogP contribution >= 0.6 is 46.1 Å². The smallest absolute Gasteiger partial charge is 0.271 e. The van der Waals surface area contributed by atoms with E-state index in [1.54, 1.807) is 24.3 Å². The maximum atomic E-state index is 12.5. The number of carbonyl (C=O) groups is 2. The molecule has 2 amide bonds. The number of hydrogen-bond donors (Lipinski definition) is 3. The number of nitrogens with zero attached hydrogens (tertiary/aromatic N) is 2. The average molecular weight is 575 g/mol. The Bertz CT molecular complexity index is 1430. The minimum Gasteiger partial charge on any atom is -0.481 e. The third-order valence-electron chi connectivity index (χ3n) is 4.80. The molecule has 37 heavy (non-hydrogen) atoms. The lowest BCUT2D eigenvalue weighted by atomic mass is 10.1. The van der Waals surface area contributed by atoms with Crippen molar-refractivity contribution in [3.63, 3.8) is 0 Å². The lowest BCUT2D eigenvalue weighted by Gasteiger charge is -2.09. The predicted octanol–water partition coefficient (Wildman–Crippen LogP) is 6.14. The Morgan fingerprint density at radius 2 is 1.70 bits per heavy atom. The SMILES string of the molecule is NC(=O)COc1c(Cl)cc(/C=N\NC(=O)c2ccc(-c3csc(Nc4ccc(Cl)cc4)n3)cc2)cc1Cl. The topological polar surface area (TPSA) is 119 Å². The Kier molecular flexibility index (Phi) is 8.62. The lowest BCUT2D eigenvalue weighted by Crippen LogP contribution is -2.20. The van der Waals surface area contributed by atoms with E-state index >= 15 is 0 Å². The van der Waals surface area contributed by atoms with E-state index in [1.165, 1.54) is 29.7 Å². The van der Waals surface area contributed by atoms with Gasteiger partial charge >= 0.3 is 0 Å². The second kappa shape index (κ2) is 12.1. The lowest BCUT2D eigenvalue weighted by molar-refractivity contribution is -0.119. The number of ether oxygens (including phenoxy) is 1. The van der Waals surface area contributed by atoms with Crippen molar-refractivity contribution in [2.45, 2.75) is 0 Å². The van der Waals surface area contributed by atoms with E-state index in [0.717, 1.165) is 22.1 Å². The van der Waals surface area contributed by atoms with E-state index in [1.807, 2.05) is 29.6 Å². The molecule has 4 rings (SSSR count). The Hall–Kier alpha value is -3.63. The number of thiazole rings is 1. The number of hydrogen-bond acceptors (Lipinski definition) is 7. The van der Waals surface area contributed by atoms with Crippen molar-refractivity contribution in [2.24, 2.45) is 10.8 Å². The molecule has 8 nitrogen and oxygen atoms in total. The molecule has 188 valence electrons. The van der Waals surface area contributed by atoms with E-state index in [2.05, 4.69) is 20.8 Å². The first-order valence-corrected chi connectivity index (χ1v) is 12.6. The fraction of sp³-hybridized carbons (Fsp3) is 0.0400. The largest absolute Gasteiger partial charge is 0.481 e. The molecule has 4 aromatic rings. The minimum atomic E-state index is -0.656. The molecule has 0 unspecified atom stereocenters. The molecule has 0 aliphatic carbocycles. The van der Waals surface area contributed by atoms with E-state index in [9.17, 15) is 9.59 Å². The highest BCUT2D eigenvalue weighted by Gasteiger charge is 2.11. The van der Waals surface area contributed by atoms with E-state index in [-0.39, 0.29) is 22.4 Å². The van der Waals surface area contributed by atoms with Gasteiger partial charge in [-0.25, -0.2) is 10.4 Å². The van der Waals surface area contributed by atoms with Crippen LogP contribution in [0.25, 0.3) is 11.3 Å². The molecule has 0 saturated carbocycles. The summed E-state index contributed by atoms with van der Waals surface area (Å²) >= 11 is 19.7. The predicted molar refractivity (Wildman–Crippen MR) is 148 cm³/mol. The zero-order valence-electron chi connectivity index (χ0n) is 18.9. The molecule has 0 aliphatic heterocycles. The van der Waals surface area contributed by atoms with Crippen LogP contribution in [0.5, 0.6) is 5.75 Å². The number of rotatable bonds is 9. The van der Waals surface area contributed by atoms with Gasteiger partial charge in [0.15, 0.2) is 17.5 Å². The number of primary amides is 1. The summed E-state index contributed by atoms with van der Waals surface area (Å²) in [4.78, 5) is 28.0. The number of nitrogens with two attached hydrogens (primary N) is 1. The van der Waals surface area contributed by atoms with Gasteiger partial charge in [0.05, 0.1) is 22.0 Å². The first kappa shape index (κ1) is 26.4. The monoisotopic (exact) mass is 573 g/mol. The number of halogens is 3. The van der Waals surface area contributed by atoms with Gasteiger partial charge in [0.25, 0.3) is 11.8 Å². The number of benzene rings is 3. The summed E-state index contributed by atoms with van der Waals surface area (Å²) in [5, 5.41) is 10.9. The van der Waals surface area contributed by atoms with Crippen LogP contribution in [-0.2, 0) is 4.79 Å². The van der Waals surface area contributed by atoms with Crippen molar-refractivity contribution in [3.8, 4) is 17.0 Å². The summed E-state index contributed by atoms with van der Waals surface area (Å²) in [6.07, 6.45) is 1.38. The van der Waals surface area contributed by atoms with Crippen molar-refractivity contribution < 1.29 is 14.3 Å². The molecule has 1 aromatic heterocycles. The fourth-order valence-electron chi connectivity index (χ4n) is 3.08. The molecule has 0 radical (unpaired) electrons. The molecule has 0 bridgehead atoms. The van der Waals surface area contributed by atoms with Crippen LogP contribution in [0, 0.1) is 0 Å². The Morgan fingerprint density at radius 3 is 2.35 bits per heavy atom. The molecule has 1 heterocycles. The van der Waals surface area contributed by atoms with Crippen molar-refractivity contribution in [1.29, 1.82) is 0 Å². The van der Waals surface area contributed by atoms with Gasteiger partial charge < -0.3 is 15.8 Å². The summed E-state index contributed by atoms with van der Waals surface area (Å²) in [6.45, 7) is -0.356. The molecule has 0 spiro atoms. The van der Waals surface area contributed by atoms with Gasteiger partial charge in [0.1, 0.15) is 0 Å². The first-order chi connectivity index (χ1) is 17.8. The molecule has 0 aliphatic rings. The van der Waals surface area contributed by atoms with Crippen LogP contribution in [0.4, 0.5) is 10.8 Å². The molecule has 0 saturated heterocycles. The third kappa shape index (κ3) is 7.21. The van der Waals surface area contributed by atoms with Crippen molar-refractivity contribution in [3.05, 3.63) is 92.2 Å². The van der Waals surface area contributed by atoms with Crippen LogP contribution in [0.2, 0.25) is 15.1 Å². The number of aromatic nitrogens is 1. The fourth-order valence-corrected chi connectivity index (χ4v) is 4.56. The highest BCUT2D eigenvalue weighted by Crippen LogP contribution is 2.34. The van der Waals surface area contributed by atoms with E-state index in [0.29, 0.717) is 16.1 Å². The highest BCUT2D eigenvalue weighted by atomic mass is 35.5. The van der Waals surface area contributed by atoms with Gasteiger partial charge in [-0.05, 0) is 54.1 Å². The minimum absolute atomic E-state index is 0.136. The zero-order chi connectivity index (χ0) is 26.4. The standard InChI is InChI=1S/C25H18Cl3N5O3S/c26-17-5-7-18(8-6-17)31-25-32-21(13-37-25)15-1-3-16(4-2-15)24(35)33-30-11-14-9-19(27)23(20(28)10-14)36-12-22(29)34/h1-11,13H,12H2,(H2,29,34)(H,31,32)(H,33,35)/b30-11-. The summed E-state index contributed by atoms with van der Waals surface area (Å²) in [7, 11) is 0. The average Bonchev–Trinajstić information content (AvgIpc) is 3.33. The second-order valence-electron chi connectivity index (χ2n) is 7.51. The number of anilines is 2. The normalized spacial score (nSPS) is 10.9. The Balaban J connectivity index is 1.35. The molecule has 0 atom stereocenters. The zero-order valence-corrected chi connectivity index (χ0v) is 22.0. The Labute approximate surface area is 231 Å². The van der Waals surface area contributed by atoms with Crippen LogP contribution in [0.1, 0.15) is 15.9 Å². The summed E-state index contributed by atoms with van der Waals surface area (Å²) in [6, 6.07) is 17.4. The Morgan fingerprint density at radius 1 is 1.03 bits per heavy atom. The summed E-state index contributed by atoms with van der Waals surface area (Å²) in [5.74, 6) is -0.919. The molecule has 4 N–H and O–H groups in total. The first-order valence-electron chi connectivity index (χ1n) is 10.6. The van der Waals surface area contributed by atoms with Crippen LogP contribution in [0.15, 0.2) is 71.1 Å². The van der Waals surface area contributed by atoms with Crippen molar-refractivity contribution in [1.82, 2.24) is 10.4 Å². The maximum absolute atomic E-state index is 12.5. The molecular formula is C25H18Cl3N5O3S. The van der Waals surface area contributed by atoms with Gasteiger partial charge in [0, 0.05) is 27.2 Å². The number of amides is 2. The third-order valence-corrected chi connectivity index (χ3v) is 6.37. The summed E-state index contributed by atoms with van der Waals surface area (Å²) in [5.41, 5.74) is 11.0. The summed E-state index contributed by atoms with van der Waals surface area (Å²) < 4.78 is 5.19. The molecule has 12 heteroatoms. The van der Waals surface area contributed by atoms with Crippen LogP contribution in [0.3, 0.4) is 0 Å². The second-order valence-corrected chi connectivity index (χ2v) is 9.62. The quantitative estimate of drug-likeness (QED) is 0.164. The van der Waals surface area contributed by atoms with Gasteiger partial charge in [-0.15, -0.1) is 11.3 Å². The van der Waals surface area contributed by atoms with Gasteiger partial charge in [0.2, 0.25) is 0 Å². The number of carbonyl (C=O) groups excluding carboxylic acids is 2. The maximum Gasteiger partial charge on any atom is 0.271 e. The van der Waals surface area contributed by atoms with Crippen molar-refractivity contribution >= 4 is 75.0 Å². The molecule has 0 fully saturated rings. The number of hydrazone groups is 1. The van der Waals surface area contributed by atoms with Gasteiger partial charge in [-0.1, -0.05) is 46.9 Å². The van der Waals surface area contributed by atoms with Gasteiger partial charge in [-0.3, -0.25) is 9.59 Å². The molecule has 3 aromatic carbocycles. The van der Waals surface area contributed by atoms with Crippen molar-refractivity contribution in [2.75, 3.05) is 11.9 Å². The van der Waals surface area contributed by atoms with Crippen LogP contribution in [-0.4, -0.2) is 29.6 Å². The highest BCUT2D eigenvalue weighted by molar-refractivity contribution is 7.14.